The number of nitrogens with one attached hydrogen (secondary N) is 1. The first-order valence-electron chi connectivity index (χ1n) is 6.25. The fourth-order valence-corrected chi connectivity index (χ4v) is 3.46. The summed E-state index contributed by atoms with van der Waals surface area (Å²) in [6.07, 6.45) is 1.88. The van der Waals surface area contributed by atoms with Gasteiger partial charge in [0.25, 0.3) is 0 Å². The lowest BCUT2D eigenvalue weighted by Crippen LogP contribution is -2.48. The zero-order valence-corrected chi connectivity index (χ0v) is 12.1. The quantitative estimate of drug-likeness (QED) is 0.613. The van der Waals surface area contributed by atoms with Crippen molar-refractivity contribution in [2.24, 2.45) is 0 Å². The molecule has 1 unspecified atom stereocenters. The van der Waals surface area contributed by atoms with Gasteiger partial charge >= 0.3 is 0 Å². The molecule has 1 fully saturated rings. The van der Waals surface area contributed by atoms with E-state index in [2.05, 4.69) is 16.8 Å². The molecule has 5 heteroatoms. The van der Waals surface area contributed by atoms with E-state index < -0.39 is 0 Å². The Bertz CT molecular complexity index is 594. The van der Waals surface area contributed by atoms with Crippen LogP contribution in [0.4, 0.5) is 5.69 Å². The van der Waals surface area contributed by atoms with Crippen molar-refractivity contribution in [2.75, 3.05) is 5.73 Å². The molecule has 0 spiro atoms. The first kappa shape index (κ1) is 12.6. The van der Waals surface area contributed by atoms with E-state index in [9.17, 15) is 0 Å². The molecule has 2 heterocycles. The number of rotatable bonds is 1. The number of benzene rings is 1. The Labute approximate surface area is 123 Å². The number of hydrogen-bond acceptors (Lipinski definition) is 3. The lowest BCUT2D eigenvalue weighted by atomic mass is 10.0. The van der Waals surface area contributed by atoms with Gasteiger partial charge in [0.05, 0.1) is 6.04 Å². The van der Waals surface area contributed by atoms with Gasteiger partial charge in [-0.3, -0.25) is 0 Å². The van der Waals surface area contributed by atoms with E-state index in [-0.39, 0.29) is 6.04 Å². The highest BCUT2D eigenvalue weighted by Crippen LogP contribution is 2.32. The van der Waals surface area contributed by atoms with Gasteiger partial charge in [-0.05, 0) is 18.9 Å². The normalized spacial score (nSPS) is 22.4. The monoisotopic (exact) mass is 289 g/mol. The van der Waals surface area contributed by atoms with E-state index in [1.54, 1.807) is 0 Å². The number of nitrogens with two attached hydrogens (primary N) is 1. The van der Waals surface area contributed by atoms with E-state index in [4.69, 9.17) is 30.2 Å². The lowest BCUT2D eigenvalue weighted by Gasteiger charge is -2.34. The Kier molecular flexibility index (Phi) is 3.03. The first-order valence-corrected chi connectivity index (χ1v) is 7.06. The van der Waals surface area contributed by atoms with Gasteiger partial charge in [-0.15, -0.1) is 0 Å². The van der Waals surface area contributed by atoms with Crippen LogP contribution in [0, 0.1) is 0 Å². The molecule has 0 aromatic heterocycles. The molecule has 3 nitrogen and oxygen atoms in total. The summed E-state index contributed by atoms with van der Waals surface area (Å²) in [5, 5.41) is 3.17. The van der Waals surface area contributed by atoms with Crippen molar-refractivity contribution < 1.29 is 0 Å². The Morgan fingerprint density at radius 3 is 2.84 bits per heavy atom. The fraction of sp³-hybridized carbons (Fsp3) is 0.286. The predicted octanol–water partition coefficient (Wildman–Crippen LogP) is 2.35. The lowest BCUT2D eigenvalue weighted by molar-refractivity contribution is 0.361. The second-order valence-corrected chi connectivity index (χ2v) is 5.78. The molecular weight excluding hydrogens is 274 g/mol. The highest BCUT2D eigenvalue weighted by Gasteiger charge is 2.34. The maximum atomic E-state index is 6.03. The Hall–Kier alpha value is -1.46. The van der Waals surface area contributed by atoms with Crippen LogP contribution in [0.3, 0.4) is 0 Å². The molecular formula is C14H15N3S2. The molecule has 0 aliphatic carbocycles. The summed E-state index contributed by atoms with van der Waals surface area (Å²) < 4.78 is 0. The van der Waals surface area contributed by atoms with Gasteiger partial charge in [0, 0.05) is 29.1 Å². The van der Waals surface area contributed by atoms with Gasteiger partial charge in [-0.25, -0.2) is 0 Å². The van der Waals surface area contributed by atoms with E-state index in [0.29, 0.717) is 0 Å². The SMILES string of the molecule is C=C1CCC(N2Cc3c(N)cccc3C2=S)C(=S)N1. The van der Waals surface area contributed by atoms with Crippen LogP contribution in [0.25, 0.3) is 0 Å². The van der Waals surface area contributed by atoms with Crippen LogP contribution in [-0.2, 0) is 6.54 Å². The van der Waals surface area contributed by atoms with E-state index in [1.807, 2.05) is 18.2 Å². The van der Waals surface area contributed by atoms with Crippen molar-refractivity contribution in [3.05, 3.63) is 41.6 Å². The minimum atomic E-state index is 0.153. The third-order valence-electron chi connectivity index (χ3n) is 3.73. The van der Waals surface area contributed by atoms with Crippen LogP contribution < -0.4 is 11.1 Å². The van der Waals surface area contributed by atoms with E-state index in [0.717, 1.165) is 51.9 Å². The molecule has 0 radical (unpaired) electrons. The summed E-state index contributed by atoms with van der Waals surface area (Å²) in [6.45, 7) is 4.68. The van der Waals surface area contributed by atoms with Crippen molar-refractivity contribution in [1.29, 1.82) is 0 Å². The summed E-state index contributed by atoms with van der Waals surface area (Å²) in [5.74, 6) is 0. The van der Waals surface area contributed by atoms with Gasteiger partial charge in [0.15, 0.2) is 0 Å². The van der Waals surface area contributed by atoms with Crippen molar-refractivity contribution in [3.63, 3.8) is 0 Å². The number of thiocarbonyl (C=S) groups is 2. The van der Waals surface area contributed by atoms with Crippen LogP contribution in [0.1, 0.15) is 24.0 Å². The minimum Gasteiger partial charge on any atom is -0.398 e. The van der Waals surface area contributed by atoms with Crippen LogP contribution in [-0.4, -0.2) is 20.9 Å². The molecule has 1 atom stereocenters. The number of allylic oxidation sites excluding steroid dienone is 1. The number of nitrogens with zero attached hydrogens (tertiary/aromatic N) is 1. The highest BCUT2D eigenvalue weighted by atomic mass is 32.1. The van der Waals surface area contributed by atoms with Crippen molar-refractivity contribution in [1.82, 2.24) is 10.2 Å². The third kappa shape index (κ3) is 2.03. The third-order valence-corrected chi connectivity index (χ3v) is 4.56. The summed E-state index contributed by atoms with van der Waals surface area (Å²) in [7, 11) is 0. The molecule has 0 bridgehead atoms. The molecule has 19 heavy (non-hydrogen) atoms. The number of nitrogen functional groups attached to an aromatic ring is 1. The summed E-state index contributed by atoms with van der Waals surface area (Å²) in [4.78, 5) is 3.84. The van der Waals surface area contributed by atoms with Gasteiger partial charge < -0.3 is 16.0 Å². The maximum Gasteiger partial charge on any atom is 0.110 e. The van der Waals surface area contributed by atoms with Gasteiger partial charge in [0.2, 0.25) is 0 Å². The first-order chi connectivity index (χ1) is 9.08. The van der Waals surface area contributed by atoms with Gasteiger partial charge in [-0.2, -0.15) is 0 Å². The van der Waals surface area contributed by atoms with Gasteiger partial charge in [0.1, 0.15) is 9.98 Å². The fourth-order valence-electron chi connectivity index (χ4n) is 2.69. The molecule has 2 aliphatic rings. The van der Waals surface area contributed by atoms with Crippen LogP contribution >= 0.6 is 24.4 Å². The predicted molar refractivity (Wildman–Crippen MR) is 86.0 cm³/mol. The number of hydrogen-bond donors (Lipinski definition) is 2. The second kappa shape index (κ2) is 4.58. The zero-order valence-electron chi connectivity index (χ0n) is 10.5. The van der Waals surface area contributed by atoms with Crippen LogP contribution in [0.2, 0.25) is 0 Å². The van der Waals surface area contributed by atoms with Crippen LogP contribution in [0.5, 0.6) is 0 Å². The Morgan fingerprint density at radius 2 is 2.16 bits per heavy atom. The molecule has 1 aromatic carbocycles. The van der Waals surface area contributed by atoms with Crippen molar-refractivity contribution >= 4 is 40.1 Å². The van der Waals surface area contributed by atoms with Crippen molar-refractivity contribution in [2.45, 2.75) is 25.4 Å². The smallest absolute Gasteiger partial charge is 0.110 e. The minimum absolute atomic E-state index is 0.153. The maximum absolute atomic E-state index is 6.03. The molecule has 1 aromatic rings. The summed E-state index contributed by atoms with van der Waals surface area (Å²) in [6, 6.07) is 6.06. The van der Waals surface area contributed by atoms with Gasteiger partial charge in [-0.1, -0.05) is 43.1 Å². The van der Waals surface area contributed by atoms with Crippen LogP contribution in [0.15, 0.2) is 30.5 Å². The average Bonchev–Trinajstić information content (AvgIpc) is 2.69. The Balaban J connectivity index is 1.90. The van der Waals surface area contributed by atoms with Crippen molar-refractivity contribution in [3.8, 4) is 0 Å². The molecule has 3 N–H and O–H groups in total. The average molecular weight is 289 g/mol. The Morgan fingerprint density at radius 1 is 1.37 bits per heavy atom. The molecule has 0 saturated carbocycles. The highest BCUT2D eigenvalue weighted by molar-refractivity contribution is 7.81. The van der Waals surface area contributed by atoms with E-state index in [1.165, 1.54) is 0 Å². The molecule has 0 amide bonds. The molecule has 2 aliphatic heterocycles. The number of anilines is 1. The zero-order chi connectivity index (χ0) is 13.6. The standard InChI is InChI=1S/C14H15N3S2/c1-8-5-6-12(13(18)16-8)17-7-10-9(14(17)19)3-2-4-11(10)15/h2-4,12H,1,5-7,15H2,(H,16,18). The molecule has 3 rings (SSSR count). The topological polar surface area (TPSA) is 41.3 Å². The van der Waals surface area contributed by atoms with E-state index >= 15 is 0 Å². The molecule has 98 valence electrons. The second-order valence-electron chi connectivity index (χ2n) is 4.95. The summed E-state index contributed by atoms with van der Waals surface area (Å²) >= 11 is 11.0. The summed E-state index contributed by atoms with van der Waals surface area (Å²) in [5.41, 5.74) is 10.0. The largest absolute Gasteiger partial charge is 0.398 e. The number of piperidine rings is 1. The number of fused-ring (bicyclic) bond motifs is 1. The molecule has 1 saturated heterocycles.